The average molecular weight is 288 g/mol. The summed E-state index contributed by atoms with van der Waals surface area (Å²) in [6, 6.07) is 2.55. The summed E-state index contributed by atoms with van der Waals surface area (Å²) < 4.78 is 5.02. The average Bonchev–Trinajstić information content (AvgIpc) is 2.89. The Morgan fingerprint density at radius 3 is 2.86 bits per heavy atom. The van der Waals surface area contributed by atoms with E-state index in [1.54, 1.807) is 11.0 Å². The molecule has 2 heterocycles. The number of amides is 2. The lowest BCUT2D eigenvalue weighted by Gasteiger charge is -2.19. The molecule has 1 aromatic rings. The minimum atomic E-state index is -0.526. The van der Waals surface area contributed by atoms with Gasteiger partial charge in [-0.3, -0.25) is 9.59 Å². The minimum Gasteiger partial charge on any atom is -0.503 e. The van der Waals surface area contributed by atoms with E-state index in [2.05, 4.69) is 5.32 Å². The van der Waals surface area contributed by atoms with E-state index in [1.165, 1.54) is 13.2 Å². The predicted molar refractivity (Wildman–Crippen MR) is 76.5 cm³/mol. The van der Waals surface area contributed by atoms with Gasteiger partial charge in [0.2, 0.25) is 5.91 Å². The van der Waals surface area contributed by atoms with Crippen LogP contribution in [0.15, 0.2) is 23.8 Å². The largest absolute Gasteiger partial charge is 0.503 e. The van der Waals surface area contributed by atoms with Crippen LogP contribution in [-0.4, -0.2) is 41.5 Å². The van der Waals surface area contributed by atoms with Gasteiger partial charge in [0.1, 0.15) is 11.7 Å². The van der Waals surface area contributed by atoms with E-state index in [4.69, 9.17) is 4.74 Å². The number of fused-ring (bicyclic) bond motifs is 2. The zero-order chi connectivity index (χ0) is 15.1. The molecule has 1 fully saturated rings. The molecule has 0 aliphatic carbocycles. The van der Waals surface area contributed by atoms with Gasteiger partial charge in [0.25, 0.3) is 5.91 Å². The molecule has 0 bridgehead atoms. The van der Waals surface area contributed by atoms with Gasteiger partial charge in [-0.25, -0.2) is 0 Å². The van der Waals surface area contributed by atoms with Gasteiger partial charge in [0.15, 0.2) is 11.5 Å². The number of carbonyl (C=O) groups excluding carboxylic acids is 2. The highest BCUT2D eigenvalue weighted by Gasteiger charge is 2.41. The first-order valence-electron chi connectivity index (χ1n) is 6.72. The van der Waals surface area contributed by atoms with E-state index in [9.17, 15) is 14.7 Å². The van der Waals surface area contributed by atoms with Crippen LogP contribution in [0.25, 0.3) is 0 Å². The second kappa shape index (κ2) is 4.80. The molecule has 21 heavy (non-hydrogen) atoms. The van der Waals surface area contributed by atoms with Crippen molar-refractivity contribution in [1.82, 2.24) is 4.90 Å². The number of methoxy groups -OCH3 is 1. The molecule has 1 atom stereocenters. The molecule has 0 unspecified atom stereocenters. The summed E-state index contributed by atoms with van der Waals surface area (Å²) in [6.07, 6.45) is 2.46. The standard InChI is InChI=1S/C15H16N2O4/c1-3-8-6-10-14(19)16-12-9(15(20)17(10)7-8)4-5-11(21-2)13(12)18/h3-5,10,18H,6-7H2,1-2H3,(H,16,19)/b8-3+/t10-/m0/s1. The highest BCUT2D eigenvalue weighted by Crippen LogP contribution is 2.40. The summed E-state index contributed by atoms with van der Waals surface area (Å²) in [5, 5.41) is 12.8. The minimum absolute atomic E-state index is 0.126. The third kappa shape index (κ3) is 1.94. The monoisotopic (exact) mass is 288 g/mol. The van der Waals surface area contributed by atoms with Gasteiger partial charge < -0.3 is 20.1 Å². The van der Waals surface area contributed by atoms with Gasteiger partial charge in [0, 0.05) is 6.54 Å². The van der Waals surface area contributed by atoms with Crippen LogP contribution in [0.2, 0.25) is 0 Å². The van der Waals surface area contributed by atoms with E-state index < -0.39 is 6.04 Å². The van der Waals surface area contributed by atoms with Gasteiger partial charge in [0.05, 0.1) is 12.7 Å². The molecule has 0 spiro atoms. The van der Waals surface area contributed by atoms with Crippen LogP contribution in [-0.2, 0) is 4.79 Å². The molecule has 2 amide bonds. The van der Waals surface area contributed by atoms with E-state index in [0.717, 1.165) is 5.57 Å². The maximum atomic E-state index is 12.6. The summed E-state index contributed by atoms with van der Waals surface area (Å²) in [7, 11) is 1.42. The van der Waals surface area contributed by atoms with E-state index in [1.807, 2.05) is 13.0 Å². The molecule has 110 valence electrons. The van der Waals surface area contributed by atoms with Crippen LogP contribution in [0, 0.1) is 0 Å². The fourth-order valence-corrected chi connectivity index (χ4v) is 2.81. The number of phenols is 1. The third-order valence-corrected chi connectivity index (χ3v) is 4.02. The number of nitrogens with one attached hydrogen (secondary N) is 1. The molecule has 3 rings (SSSR count). The quantitative estimate of drug-likeness (QED) is 0.606. The van der Waals surface area contributed by atoms with Crippen molar-refractivity contribution in [1.29, 1.82) is 0 Å². The predicted octanol–water partition coefficient (Wildman–Crippen LogP) is 1.51. The topological polar surface area (TPSA) is 78.9 Å². The zero-order valence-corrected chi connectivity index (χ0v) is 11.8. The number of nitrogens with zero attached hydrogens (tertiary/aromatic N) is 1. The number of benzene rings is 1. The smallest absolute Gasteiger partial charge is 0.257 e. The Hall–Kier alpha value is -2.50. The molecule has 2 N–H and O–H groups in total. The van der Waals surface area contributed by atoms with Crippen molar-refractivity contribution in [2.24, 2.45) is 0 Å². The van der Waals surface area contributed by atoms with Crippen LogP contribution in [0.4, 0.5) is 5.69 Å². The van der Waals surface area contributed by atoms with Gasteiger partial charge in [-0.2, -0.15) is 0 Å². The molecule has 6 heteroatoms. The van der Waals surface area contributed by atoms with Crippen LogP contribution in [0.5, 0.6) is 11.5 Å². The summed E-state index contributed by atoms with van der Waals surface area (Å²) in [6.45, 7) is 2.34. The van der Waals surface area contributed by atoms with Crippen molar-refractivity contribution < 1.29 is 19.4 Å². The van der Waals surface area contributed by atoms with E-state index in [-0.39, 0.29) is 34.6 Å². The Bertz CT molecular complexity index is 666. The van der Waals surface area contributed by atoms with E-state index >= 15 is 0 Å². The fourth-order valence-electron chi connectivity index (χ4n) is 2.81. The maximum Gasteiger partial charge on any atom is 0.257 e. The molecule has 6 nitrogen and oxygen atoms in total. The number of anilines is 1. The van der Waals surface area contributed by atoms with Gasteiger partial charge in [-0.05, 0) is 25.5 Å². The van der Waals surface area contributed by atoms with Gasteiger partial charge in [-0.1, -0.05) is 11.6 Å². The summed E-state index contributed by atoms with van der Waals surface area (Å²) in [4.78, 5) is 26.5. The number of allylic oxidation sites excluding steroid dienone is 1. The second-order valence-corrected chi connectivity index (χ2v) is 5.13. The fraction of sp³-hybridized carbons (Fsp3) is 0.333. The number of aromatic hydroxyl groups is 1. The second-order valence-electron chi connectivity index (χ2n) is 5.13. The number of rotatable bonds is 1. The van der Waals surface area contributed by atoms with Crippen molar-refractivity contribution in [2.45, 2.75) is 19.4 Å². The Kier molecular flexibility index (Phi) is 3.08. The highest BCUT2D eigenvalue weighted by molar-refractivity contribution is 6.12. The number of hydrogen-bond acceptors (Lipinski definition) is 4. The first-order chi connectivity index (χ1) is 10.1. The zero-order valence-electron chi connectivity index (χ0n) is 11.8. The van der Waals surface area contributed by atoms with Gasteiger partial charge >= 0.3 is 0 Å². The van der Waals surface area contributed by atoms with Crippen molar-refractivity contribution >= 4 is 17.5 Å². The molecule has 0 radical (unpaired) electrons. The van der Waals surface area contributed by atoms with Gasteiger partial charge in [-0.15, -0.1) is 0 Å². The molecule has 1 saturated heterocycles. The molecule has 1 aromatic carbocycles. The Labute approximate surface area is 122 Å². The summed E-state index contributed by atoms with van der Waals surface area (Å²) in [5.41, 5.74) is 1.46. The molecule has 2 aliphatic rings. The number of ether oxygens (including phenoxy) is 1. The van der Waals surface area contributed by atoms with Crippen LogP contribution in [0.3, 0.4) is 0 Å². The molecule has 0 aromatic heterocycles. The maximum absolute atomic E-state index is 12.6. The Morgan fingerprint density at radius 2 is 2.19 bits per heavy atom. The Morgan fingerprint density at radius 1 is 1.43 bits per heavy atom. The van der Waals surface area contributed by atoms with Crippen LogP contribution >= 0.6 is 0 Å². The normalized spacial score (nSPS) is 22.7. The van der Waals surface area contributed by atoms with Crippen LogP contribution < -0.4 is 10.1 Å². The van der Waals surface area contributed by atoms with Crippen molar-refractivity contribution in [3.63, 3.8) is 0 Å². The Balaban J connectivity index is 2.11. The number of hydrogen-bond donors (Lipinski definition) is 2. The lowest BCUT2D eigenvalue weighted by Crippen LogP contribution is -2.40. The number of carbonyl (C=O) groups is 2. The van der Waals surface area contributed by atoms with Crippen molar-refractivity contribution in [2.75, 3.05) is 19.0 Å². The first kappa shape index (κ1) is 13.5. The summed E-state index contributed by atoms with van der Waals surface area (Å²) >= 11 is 0. The highest BCUT2D eigenvalue weighted by atomic mass is 16.5. The van der Waals surface area contributed by atoms with Crippen molar-refractivity contribution in [3.8, 4) is 11.5 Å². The van der Waals surface area contributed by atoms with Crippen molar-refractivity contribution in [3.05, 3.63) is 29.3 Å². The SMILES string of the molecule is C/C=C1\C[C@H]2C(=O)Nc3c(ccc(OC)c3O)C(=O)N2C1. The lowest BCUT2D eigenvalue weighted by atomic mass is 10.1. The van der Waals surface area contributed by atoms with Crippen LogP contribution in [0.1, 0.15) is 23.7 Å². The first-order valence-corrected chi connectivity index (χ1v) is 6.72. The summed E-state index contributed by atoms with van der Waals surface area (Å²) in [5.74, 6) is -0.548. The van der Waals surface area contributed by atoms with E-state index in [0.29, 0.717) is 13.0 Å². The third-order valence-electron chi connectivity index (χ3n) is 4.02. The molecule has 2 aliphatic heterocycles. The molecule has 0 saturated carbocycles. The molecular weight excluding hydrogens is 272 g/mol. The number of phenolic OH excluding ortho intramolecular Hbond substituents is 1. The molecular formula is C15H16N2O4. The lowest BCUT2D eigenvalue weighted by molar-refractivity contribution is -0.119.